The van der Waals surface area contributed by atoms with E-state index in [-0.39, 0.29) is 11.8 Å². The van der Waals surface area contributed by atoms with Gasteiger partial charge < -0.3 is 25.4 Å². The Kier molecular flexibility index (Phi) is 7.55. The average Bonchev–Trinajstić information content (AvgIpc) is 3.00. The van der Waals surface area contributed by atoms with Crippen LogP contribution >= 0.6 is 0 Å². The van der Waals surface area contributed by atoms with Crippen molar-refractivity contribution in [2.75, 3.05) is 11.9 Å². The van der Waals surface area contributed by atoms with Crippen molar-refractivity contribution in [1.29, 1.82) is 0 Å². The van der Waals surface area contributed by atoms with Gasteiger partial charge in [0, 0.05) is 12.3 Å². The van der Waals surface area contributed by atoms with Crippen molar-refractivity contribution in [1.82, 2.24) is 10.6 Å². The van der Waals surface area contributed by atoms with E-state index in [1.807, 2.05) is 32.9 Å². The monoisotopic (exact) mass is 419 g/mol. The Bertz CT molecular complexity index is 817. The topological polar surface area (TPSA) is 123 Å². The highest BCUT2D eigenvalue weighted by molar-refractivity contribution is 6.40. The molecular weight excluding hydrogens is 390 g/mol. The summed E-state index contributed by atoms with van der Waals surface area (Å²) >= 11 is 0. The lowest BCUT2D eigenvalue weighted by Gasteiger charge is -2.23. The molecule has 0 radical (unpaired) electrons. The minimum absolute atomic E-state index is 0.0266. The van der Waals surface area contributed by atoms with Crippen molar-refractivity contribution in [3.63, 3.8) is 0 Å². The molecule has 0 spiro atoms. The maximum absolute atomic E-state index is 12.4. The van der Waals surface area contributed by atoms with Crippen LogP contribution in [0, 0.1) is 0 Å². The van der Waals surface area contributed by atoms with Crippen LogP contribution in [-0.2, 0) is 34.1 Å². The lowest BCUT2D eigenvalue weighted by molar-refractivity contribution is -0.164. The molecule has 3 N–H and O–H groups in total. The Morgan fingerprint density at radius 1 is 1.20 bits per heavy atom. The first-order chi connectivity index (χ1) is 14.0. The fourth-order valence-corrected chi connectivity index (χ4v) is 3.03. The van der Waals surface area contributed by atoms with Gasteiger partial charge in [-0.25, -0.2) is 0 Å². The van der Waals surface area contributed by atoms with E-state index in [1.54, 1.807) is 19.1 Å². The number of esters is 1. The van der Waals surface area contributed by atoms with Gasteiger partial charge in [0.2, 0.25) is 12.2 Å². The van der Waals surface area contributed by atoms with Crippen molar-refractivity contribution < 1.29 is 28.7 Å². The largest absolute Gasteiger partial charge is 0.433 e. The Labute approximate surface area is 175 Å². The SMILES string of the molecule is CCO[C@H]1OC(=O)C[C@@H]1NC(=O)[C@H](C)NC(=O)C(=O)Nc1ccccc1C(C)(C)C. The molecule has 1 aromatic carbocycles. The summed E-state index contributed by atoms with van der Waals surface area (Å²) in [6.07, 6.45) is -0.896. The zero-order valence-corrected chi connectivity index (χ0v) is 17.9. The average molecular weight is 419 g/mol. The molecule has 0 bridgehead atoms. The highest BCUT2D eigenvalue weighted by atomic mass is 16.7. The number of nitrogens with one attached hydrogen (secondary N) is 3. The van der Waals surface area contributed by atoms with Gasteiger partial charge >= 0.3 is 17.8 Å². The summed E-state index contributed by atoms with van der Waals surface area (Å²) in [5.41, 5.74) is 1.18. The Balaban J connectivity index is 1.94. The molecule has 0 saturated carbocycles. The van der Waals surface area contributed by atoms with E-state index in [0.717, 1.165) is 5.56 Å². The fourth-order valence-electron chi connectivity index (χ4n) is 3.03. The van der Waals surface area contributed by atoms with Gasteiger partial charge in [-0.3, -0.25) is 19.2 Å². The van der Waals surface area contributed by atoms with E-state index in [0.29, 0.717) is 12.3 Å². The molecule has 0 aliphatic carbocycles. The molecule has 0 aromatic heterocycles. The molecule has 9 heteroatoms. The number of anilines is 1. The maximum atomic E-state index is 12.4. The number of carbonyl (C=O) groups excluding carboxylic acids is 4. The van der Waals surface area contributed by atoms with Gasteiger partial charge in [0.15, 0.2) is 0 Å². The number of rotatable bonds is 6. The van der Waals surface area contributed by atoms with Gasteiger partial charge in [-0.2, -0.15) is 0 Å². The number of para-hydroxylation sites is 1. The summed E-state index contributed by atoms with van der Waals surface area (Å²) in [5, 5.41) is 7.57. The molecule has 1 aromatic rings. The lowest BCUT2D eigenvalue weighted by atomic mass is 9.86. The predicted octanol–water partition coefficient (Wildman–Crippen LogP) is 1.22. The molecule has 164 valence electrons. The third-order valence-electron chi connectivity index (χ3n) is 4.55. The third-order valence-corrected chi connectivity index (χ3v) is 4.55. The van der Waals surface area contributed by atoms with Crippen molar-refractivity contribution >= 4 is 29.4 Å². The van der Waals surface area contributed by atoms with Crippen molar-refractivity contribution in [2.24, 2.45) is 0 Å². The first-order valence-electron chi connectivity index (χ1n) is 9.85. The molecule has 3 atom stereocenters. The molecule has 9 nitrogen and oxygen atoms in total. The second-order valence-electron chi connectivity index (χ2n) is 8.08. The van der Waals surface area contributed by atoms with Crippen molar-refractivity contribution in [2.45, 2.75) is 64.8 Å². The molecule has 1 aliphatic rings. The van der Waals surface area contributed by atoms with Crippen LogP contribution in [0.25, 0.3) is 0 Å². The molecule has 1 saturated heterocycles. The first-order valence-corrected chi connectivity index (χ1v) is 9.85. The Hall–Kier alpha value is -2.94. The van der Waals surface area contributed by atoms with Crippen molar-refractivity contribution in [3.05, 3.63) is 29.8 Å². The number of ether oxygens (including phenoxy) is 2. The van der Waals surface area contributed by atoms with Gasteiger partial charge in [-0.15, -0.1) is 0 Å². The number of hydrogen-bond donors (Lipinski definition) is 3. The van der Waals surface area contributed by atoms with E-state index in [1.165, 1.54) is 6.92 Å². The quantitative estimate of drug-likeness (QED) is 0.471. The number of cyclic esters (lactones) is 1. The summed E-state index contributed by atoms with van der Waals surface area (Å²) in [6.45, 7) is 9.49. The van der Waals surface area contributed by atoms with Gasteiger partial charge in [-0.1, -0.05) is 39.0 Å². The third kappa shape index (κ3) is 6.03. The van der Waals surface area contributed by atoms with Gasteiger partial charge in [0.1, 0.15) is 12.1 Å². The van der Waals surface area contributed by atoms with Crippen LogP contribution < -0.4 is 16.0 Å². The Morgan fingerprint density at radius 3 is 2.50 bits per heavy atom. The normalized spacial score (nSPS) is 19.6. The summed E-state index contributed by atoms with van der Waals surface area (Å²) in [6, 6.07) is 5.56. The van der Waals surface area contributed by atoms with Crippen LogP contribution in [0.2, 0.25) is 0 Å². The van der Waals surface area contributed by atoms with Crippen LogP contribution in [0.3, 0.4) is 0 Å². The zero-order valence-electron chi connectivity index (χ0n) is 17.9. The summed E-state index contributed by atoms with van der Waals surface area (Å²) in [7, 11) is 0. The van der Waals surface area contributed by atoms with Crippen LogP contribution in [0.15, 0.2) is 24.3 Å². The highest BCUT2D eigenvalue weighted by Crippen LogP contribution is 2.29. The Morgan fingerprint density at radius 2 is 1.87 bits per heavy atom. The van der Waals surface area contributed by atoms with Gasteiger partial charge in [-0.05, 0) is 30.9 Å². The molecule has 1 aliphatic heterocycles. The molecular formula is C21H29N3O6. The molecule has 2 rings (SSSR count). The molecule has 1 heterocycles. The van der Waals surface area contributed by atoms with Gasteiger partial charge in [0.25, 0.3) is 0 Å². The predicted molar refractivity (Wildman–Crippen MR) is 109 cm³/mol. The molecule has 3 amide bonds. The van der Waals surface area contributed by atoms with E-state index in [9.17, 15) is 19.2 Å². The number of hydrogen-bond acceptors (Lipinski definition) is 6. The minimum Gasteiger partial charge on any atom is -0.433 e. The number of carbonyl (C=O) groups is 4. The van der Waals surface area contributed by atoms with E-state index in [4.69, 9.17) is 9.47 Å². The van der Waals surface area contributed by atoms with Crippen LogP contribution in [0.4, 0.5) is 5.69 Å². The first kappa shape index (κ1) is 23.3. The molecule has 30 heavy (non-hydrogen) atoms. The second-order valence-corrected chi connectivity index (χ2v) is 8.08. The van der Waals surface area contributed by atoms with E-state index < -0.39 is 42.1 Å². The summed E-state index contributed by atoms with van der Waals surface area (Å²) < 4.78 is 10.3. The van der Waals surface area contributed by atoms with E-state index >= 15 is 0 Å². The fraction of sp³-hybridized carbons (Fsp3) is 0.524. The highest BCUT2D eigenvalue weighted by Gasteiger charge is 2.37. The summed E-state index contributed by atoms with van der Waals surface area (Å²) in [4.78, 5) is 48.4. The van der Waals surface area contributed by atoms with Crippen molar-refractivity contribution in [3.8, 4) is 0 Å². The van der Waals surface area contributed by atoms with Gasteiger partial charge in [0.05, 0.1) is 6.42 Å². The minimum atomic E-state index is -1.00. The number of benzene rings is 1. The lowest BCUT2D eigenvalue weighted by Crippen LogP contribution is -2.52. The molecule has 0 unspecified atom stereocenters. The van der Waals surface area contributed by atoms with Crippen LogP contribution in [0.1, 0.15) is 46.6 Å². The zero-order chi connectivity index (χ0) is 22.5. The van der Waals surface area contributed by atoms with Crippen LogP contribution in [-0.4, -0.2) is 48.7 Å². The maximum Gasteiger partial charge on any atom is 0.313 e. The molecule has 1 fully saturated rings. The number of amides is 3. The van der Waals surface area contributed by atoms with Crippen LogP contribution in [0.5, 0.6) is 0 Å². The smallest absolute Gasteiger partial charge is 0.313 e. The standard InChI is InChI=1S/C21H29N3O6/c1-6-29-20-15(11-16(25)30-20)24-17(26)12(2)22-18(27)19(28)23-14-10-8-7-9-13(14)21(3,4)5/h7-10,12,15,20H,6,11H2,1-5H3,(H,22,27)(H,23,28)(H,24,26)/t12-,15-,20-/m0/s1. The van der Waals surface area contributed by atoms with E-state index in [2.05, 4.69) is 16.0 Å². The summed E-state index contributed by atoms with van der Waals surface area (Å²) in [5.74, 6) is -2.86. The second kappa shape index (κ2) is 9.71.